The first kappa shape index (κ1) is 14.1. The molecule has 0 N–H and O–H groups in total. The van der Waals surface area contributed by atoms with Crippen LogP contribution in [0.2, 0.25) is 0 Å². The van der Waals surface area contributed by atoms with Crippen LogP contribution in [0.1, 0.15) is 27.8 Å². The zero-order valence-corrected chi connectivity index (χ0v) is 11.8. The van der Waals surface area contributed by atoms with Gasteiger partial charge in [0.2, 0.25) is 0 Å². The van der Waals surface area contributed by atoms with Crippen LogP contribution in [0.15, 0.2) is 30.3 Å². The number of aryl methyl sites for hydroxylation is 2. The number of benzene rings is 2. The van der Waals surface area contributed by atoms with E-state index in [1.165, 1.54) is 6.07 Å². The molecule has 3 heteroatoms. The topological polar surface area (TPSA) is 33.0 Å². The van der Waals surface area contributed by atoms with Crippen molar-refractivity contribution in [3.63, 3.8) is 0 Å². The molecular weight excluding hydrogens is 253 g/mol. The molecule has 2 aromatic rings. The SMILES string of the molecule is Cc1ccc(C)c(OCc2cccc(C#N)c2F)c1C. The minimum Gasteiger partial charge on any atom is -0.488 e. The number of hydrogen-bond donors (Lipinski definition) is 0. The predicted molar refractivity (Wildman–Crippen MR) is 76.1 cm³/mol. The first-order chi connectivity index (χ1) is 9.54. The summed E-state index contributed by atoms with van der Waals surface area (Å²) >= 11 is 0. The van der Waals surface area contributed by atoms with Crippen molar-refractivity contribution < 1.29 is 9.13 Å². The van der Waals surface area contributed by atoms with Crippen LogP contribution in [0.3, 0.4) is 0 Å². The Balaban J connectivity index is 2.27. The second kappa shape index (κ2) is 5.75. The van der Waals surface area contributed by atoms with Gasteiger partial charge in [-0.05, 0) is 43.5 Å². The third kappa shape index (κ3) is 2.65. The standard InChI is InChI=1S/C17H16FNO/c1-11-7-8-12(2)17(13(11)3)20-10-15-6-4-5-14(9-19)16(15)18/h4-8H,10H2,1-3H3. The molecule has 2 aromatic carbocycles. The lowest BCUT2D eigenvalue weighted by Gasteiger charge is -2.14. The Morgan fingerprint density at radius 1 is 1.10 bits per heavy atom. The lowest BCUT2D eigenvalue weighted by molar-refractivity contribution is 0.295. The summed E-state index contributed by atoms with van der Waals surface area (Å²) in [6.45, 7) is 6.08. The van der Waals surface area contributed by atoms with Gasteiger partial charge in [-0.3, -0.25) is 0 Å². The number of ether oxygens (including phenoxy) is 1. The molecule has 0 aliphatic carbocycles. The van der Waals surface area contributed by atoms with Crippen LogP contribution in [-0.4, -0.2) is 0 Å². The van der Waals surface area contributed by atoms with Crippen molar-refractivity contribution >= 4 is 0 Å². The van der Waals surface area contributed by atoms with Crippen molar-refractivity contribution in [1.82, 2.24) is 0 Å². The molecule has 0 bridgehead atoms. The molecule has 0 fully saturated rings. The van der Waals surface area contributed by atoms with Gasteiger partial charge >= 0.3 is 0 Å². The van der Waals surface area contributed by atoms with E-state index in [2.05, 4.69) is 0 Å². The van der Waals surface area contributed by atoms with Gasteiger partial charge in [0, 0.05) is 5.56 Å². The molecule has 2 nitrogen and oxygen atoms in total. The highest BCUT2D eigenvalue weighted by molar-refractivity contribution is 5.44. The van der Waals surface area contributed by atoms with Gasteiger partial charge in [-0.15, -0.1) is 0 Å². The molecule has 0 aromatic heterocycles. The Bertz CT molecular complexity index is 686. The van der Waals surface area contributed by atoms with Crippen LogP contribution < -0.4 is 4.74 Å². The summed E-state index contributed by atoms with van der Waals surface area (Å²) in [7, 11) is 0. The Morgan fingerprint density at radius 3 is 2.50 bits per heavy atom. The van der Waals surface area contributed by atoms with Crippen molar-refractivity contribution in [2.75, 3.05) is 0 Å². The maximum atomic E-state index is 14.0. The van der Waals surface area contributed by atoms with Gasteiger partial charge in [-0.2, -0.15) is 5.26 Å². The summed E-state index contributed by atoms with van der Waals surface area (Å²) in [6, 6.07) is 10.6. The number of rotatable bonds is 3. The fourth-order valence-corrected chi connectivity index (χ4v) is 2.08. The van der Waals surface area contributed by atoms with Crippen molar-refractivity contribution in [2.24, 2.45) is 0 Å². The molecule has 102 valence electrons. The van der Waals surface area contributed by atoms with Crippen LogP contribution in [0.4, 0.5) is 4.39 Å². The largest absolute Gasteiger partial charge is 0.488 e. The lowest BCUT2D eigenvalue weighted by Crippen LogP contribution is -2.03. The molecular formula is C17H16FNO. The molecule has 0 unspecified atom stereocenters. The fourth-order valence-electron chi connectivity index (χ4n) is 2.08. The van der Waals surface area contributed by atoms with E-state index in [1.54, 1.807) is 12.1 Å². The highest BCUT2D eigenvalue weighted by Gasteiger charge is 2.11. The van der Waals surface area contributed by atoms with E-state index in [-0.39, 0.29) is 12.2 Å². The van der Waals surface area contributed by atoms with E-state index in [9.17, 15) is 4.39 Å². The second-order valence-electron chi connectivity index (χ2n) is 4.83. The molecule has 20 heavy (non-hydrogen) atoms. The van der Waals surface area contributed by atoms with E-state index in [0.29, 0.717) is 5.56 Å². The highest BCUT2D eigenvalue weighted by atomic mass is 19.1. The number of nitrogens with zero attached hydrogens (tertiary/aromatic N) is 1. The third-order valence-electron chi connectivity index (χ3n) is 3.44. The molecule has 0 saturated heterocycles. The van der Waals surface area contributed by atoms with Crippen LogP contribution in [0.5, 0.6) is 5.75 Å². The smallest absolute Gasteiger partial charge is 0.147 e. The summed E-state index contributed by atoms with van der Waals surface area (Å²) in [5.41, 5.74) is 3.65. The number of halogens is 1. The van der Waals surface area contributed by atoms with Gasteiger partial charge in [-0.1, -0.05) is 24.3 Å². The highest BCUT2D eigenvalue weighted by Crippen LogP contribution is 2.27. The van der Waals surface area contributed by atoms with Gasteiger partial charge in [-0.25, -0.2) is 4.39 Å². The average molecular weight is 269 g/mol. The van der Waals surface area contributed by atoms with Crippen molar-refractivity contribution in [3.8, 4) is 11.8 Å². The normalized spacial score (nSPS) is 10.2. The van der Waals surface area contributed by atoms with Crippen LogP contribution in [-0.2, 0) is 6.61 Å². The first-order valence-corrected chi connectivity index (χ1v) is 6.41. The van der Waals surface area contributed by atoms with Gasteiger partial charge in [0.1, 0.15) is 24.2 Å². The second-order valence-corrected chi connectivity index (χ2v) is 4.83. The fraction of sp³-hybridized carbons (Fsp3) is 0.235. The van der Waals surface area contributed by atoms with E-state index in [4.69, 9.17) is 10.00 Å². The quantitative estimate of drug-likeness (QED) is 0.836. The van der Waals surface area contributed by atoms with E-state index < -0.39 is 5.82 Å². The van der Waals surface area contributed by atoms with E-state index in [0.717, 1.165) is 22.4 Å². The summed E-state index contributed by atoms with van der Waals surface area (Å²) < 4.78 is 19.7. The van der Waals surface area contributed by atoms with Gasteiger partial charge < -0.3 is 4.74 Å². The summed E-state index contributed by atoms with van der Waals surface area (Å²) in [5.74, 6) is 0.282. The van der Waals surface area contributed by atoms with Crippen LogP contribution >= 0.6 is 0 Å². The Kier molecular flexibility index (Phi) is 4.05. The molecule has 0 aliphatic heterocycles. The van der Waals surface area contributed by atoms with Crippen molar-refractivity contribution in [3.05, 3.63) is 64.0 Å². The van der Waals surface area contributed by atoms with Gasteiger partial charge in [0.15, 0.2) is 0 Å². The van der Waals surface area contributed by atoms with Crippen LogP contribution in [0.25, 0.3) is 0 Å². The average Bonchev–Trinajstić information content (AvgIpc) is 2.44. The molecule has 0 saturated carbocycles. The van der Waals surface area contributed by atoms with Crippen molar-refractivity contribution in [2.45, 2.75) is 27.4 Å². The van der Waals surface area contributed by atoms with Crippen LogP contribution in [0, 0.1) is 37.9 Å². The Hall–Kier alpha value is -2.34. The lowest BCUT2D eigenvalue weighted by atomic mass is 10.1. The molecule has 0 aliphatic rings. The van der Waals surface area contributed by atoms with Gasteiger partial charge in [0.05, 0.1) is 5.56 Å². The minimum atomic E-state index is -0.502. The monoisotopic (exact) mass is 269 g/mol. The zero-order chi connectivity index (χ0) is 14.7. The summed E-state index contributed by atoms with van der Waals surface area (Å²) in [6.07, 6.45) is 0. The Morgan fingerprint density at radius 2 is 1.80 bits per heavy atom. The maximum Gasteiger partial charge on any atom is 0.147 e. The molecule has 0 heterocycles. The Labute approximate surface area is 118 Å². The zero-order valence-electron chi connectivity index (χ0n) is 11.8. The molecule has 0 radical (unpaired) electrons. The molecule has 0 spiro atoms. The number of nitriles is 1. The predicted octanol–water partition coefficient (Wildman–Crippen LogP) is 4.20. The molecule has 2 rings (SSSR count). The minimum absolute atomic E-state index is 0.0452. The number of hydrogen-bond acceptors (Lipinski definition) is 2. The summed E-state index contributed by atoms with van der Waals surface area (Å²) in [4.78, 5) is 0. The summed E-state index contributed by atoms with van der Waals surface area (Å²) in [5, 5.41) is 8.82. The molecule has 0 atom stereocenters. The van der Waals surface area contributed by atoms with E-state index in [1.807, 2.05) is 39.0 Å². The third-order valence-corrected chi connectivity index (χ3v) is 3.44. The maximum absolute atomic E-state index is 14.0. The van der Waals surface area contributed by atoms with E-state index >= 15 is 0 Å². The van der Waals surface area contributed by atoms with Gasteiger partial charge in [0.25, 0.3) is 0 Å². The van der Waals surface area contributed by atoms with Crippen molar-refractivity contribution in [1.29, 1.82) is 5.26 Å². The first-order valence-electron chi connectivity index (χ1n) is 6.41. The molecule has 0 amide bonds.